The van der Waals surface area contributed by atoms with Crippen LogP contribution in [0.15, 0.2) is 48.5 Å². The van der Waals surface area contributed by atoms with E-state index in [2.05, 4.69) is 20.7 Å². The van der Waals surface area contributed by atoms with Gasteiger partial charge in [-0.2, -0.15) is 15.4 Å². The molecule has 2 aromatic carbocycles. The Balaban J connectivity index is 1.26. The summed E-state index contributed by atoms with van der Waals surface area (Å²) in [6.07, 6.45) is -0.521. The largest absolute Gasteiger partial charge is 0.481 e. The van der Waals surface area contributed by atoms with Crippen molar-refractivity contribution in [3.8, 4) is 11.1 Å². The standard InChI is InChI=1S/C25H25N5O5/c31-23(32)10-9-21(24(33)30-12-11-20-22(13-30)28-29-27-20)26-25(34)35-14-19-17-7-3-1-5-15(17)16-6-2-4-8-18(16)19/h1-8,19,21H,9-14H2,(H,26,34)(H,31,32)(H,27,28,29). The van der Waals surface area contributed by atoms with Crippen LogP contribution in [0.25, 0.3) is 11.1 Å². The fraction of sp³-hybridized carbons (Fsp3) is 0.320. The van der Waals surface area contributed by atoms with Crippen molar-refractivity contribution in [1.29, 1.82) is 0 Å². The number of aromatic nitrogens is 3. The van der Waals surface area contributed by atoms with Gasteiger partial charge in [-0.3, -0.25) is 9.59 Å². The highest BCUT2D eigenvalue weighted by molar-refractivity contribution is 5.86. The number of carbonyl (C=O) groups excluding carboxylic acids is 2. The minimum atomic E-state index is -1.05. The maximum absolute atomic E-state index is 13.2. The summed E-state index contributed by atoms with van der Waals surface area (Å²) in [4.78, 5) is 38.6. The quantitative estimate of drug-likeness (QED) is 0.477. The van der Waals surface area contributed by atoms with Gasteiger partial charge in [-0.25, -0.2) is 4.79 Å². The Kier molecular flexibility index (Phi) is 6.17. The van der Waals surface area contributed by atoms with Gasteiger partial charge >= 0.3 is 12.1 Å². The van der Waals surface area contributed by atoms with Crippen molar-refractivity contribution in [2.75, 3.05) is 13.2 Å². The minimum Gasteiger partial charge on any atom is -0.481 e. The van der Waals surface area contributed by atoms with Gasteiger partial charge in [0.05, 0.1) is 12.2 Å². The van der Waals surface area contributed by atoms with E-state index < -0.39 is 18.1 Å². The summed E-state index contributed by atoms with van der Waals surface area (Å²) in [5.74, 6) is -1.53. The molecule has 1 atom stereocenters. The number of H-pyrrole nitrogens is 1. The van der Waals surface area contributed by atoms with Crippen molar-refractivity contribution < 1.29 is 24.2 Å². The molecule has 0 radical (unpaired) electrons. The number of aliphatic carboxylic acids is 1. The zero-order valence-corrected chi connectivity index (χ0v) is 18.9. The van der Waals surface area contributed by atoms with Crippen LogP contribution in [0.3, 0.4) is 0 Å². The van der Waals surface area contributed by atoms with Crippen LogP contribution in [0.2, 0.25) is 0 Å². The minimum absolute atomic E-state index is 0.0411. The van der Waals surface area contributed by atoms with Crippen LogP contribution in [-0.2, 0) is 27.3 Å². The van der Waals surface area contributed by atoms with E-state index >= 15 is 0 Å². The monoisotopic (exact) mass is 475 g/mol. The van der Waals surface area contributed by atoms with E-state index in [4.69, 9.17) is 9.84 Å². The first-order valence-corrected chi connectivity index (χ1v) is 11.5. The molecule has 180 valence electrons. The van der Waals surface area contributed by atoms with Crippen molar-refractivity contribution in [1.82, 2.24) is 25.6 Å². The zero-order chi connectivity index (χ0) is 24.4. The molecule has 2 amide bonds. The van der Waals surface area contributed by atoms with Crippen molar-refractivity contribution in [2.45, 2.75) is 37.8 Å². The lowest BCUT2D eigenvalue weighted by Crippen LogP contribution is -2.50. The summed E-state index contributed by atoms with van der Waals surface area (Å²) >= 11 is 0. The summed E-state index contributed by atoms with van der Waals surface area (Å²) in [6, 6.07) is 15.0. The summed E-state index contributed by atoms with van der Waals surface area (Å²) < 4.78 is 5.56. The Morgan fingerprint density at radius 1 is 1.06 bits per heavy atom. The number of hydrogen-bond donors (Lipinski definition) is 3. The highest BCUT2D eigenvalue weighted by atomic mass is 16.5. The zero-order valence-electron chi connectivity index (χ0n) is 18.9. The van der Waals surface area contributed by atoms with Crippen molar-refractivity contribution >= 4 is 18.0 Å². The van der Waals surface area contributed by atoms with Gasteiger partial charge in [-0.15, -0.1) is 0 Å². The van der Waals surface area contributed by atoms with E-state index in [1.165, 1.54) is 0 Å². The lowest BCUT2D eigenvalue weighted by Gasteiger charge is -2.29. The van der Waals surface area contributed by atoms with Crippen LogP contribution >= 0.6 is 0 Å². The van der Waals surface area contributed by atoms with E-state index in [1.54, 1.807) is 4.90 Å². The Labute approximate surface area is 201 Å². The molecule has 0 saturated carbocycles. The lowest BCUT2D eigenvalue weighted by atomic mass is 9.98. The maximum atomic E-state index is 13.2. The fourth-order valence-electron chi connectivity index (χ4n) is 4.82. The van der Waals surface area contributed by atoms with E-state index in [9.17, 15) is 14.4 Å². The molecule has 5 rings (SSSR count). The molecule has 10 nitrogen and oxygen atoms in total. The highest BCUT2D eigenvalue weighted by Crippen LogP contribution is 2.44. The third-order valence-electron chi connectivity index (χ3n) is 6.55. The molecule has 3 N–H and O–H groups in total. The molecule has 2 heterocycles. The number of carboxylic acids is 1. The maximum Gasteiger partial charge on any atom is 0.407 e. The summed E-state index contributed by atoms with van der Waals surface area (Å²) in [5.41, 5.74) is 5.87. The Bertz CT molecular complexity index is 1230. The molecule has 0 spiro atoms. The van der Waals surface area contributed by atoms with Gasteiger partial charge < -0.3 is 20.1 Å². The second kappa shape index (κ2) is 9.57. The number of aromatic amines is 1. The number of ether oxygens (including phenoxy) is 1. The number of fused-ring (bicyclic) bond motifs is 4. The van der Waals surface area contributed by atoms with Gasteiger partial charge in [-0.1, -0.05) is 48.5 Å². The average molecular weight is 476 g/mol. The third-order valence-corrected chi connectivity index (χ3v) is 6.55. The smallest absolute Gasteiger partial charge is 0.407 e. The van der Waals surface area contributed by atoms with Gasteiger partial charge in [0, 0.05) is 25.3 Å². The van der Waals surface area contributed by atoms with E-state index in [-0.39, 0.29) is 37.8 Å². The summed E-state index contributed by atoms with van der Waals surface area (Å²) in [7, 11) is 0. The first-order chi connectivity index (χ1) is 17.0. The molecule has 1 aliphatic heterocycles. The number of carboxylic acid groups (broad SMARTS) is 1. The molecule has 1 aromatic heterocycles. The number of amides is 2. The second-order valence-corrected chi connectivity index (χ2v) is 8.68. The van der Waals surface area contributed by atoms with E-state index in [0.717, 1.165) is 27.9 Å². The molecular weight excluding hydrogens is 450 g/mol. The average Bonchev–Trinajstić information content (AvgIpc) is 3.47. The van der Waals surface area contributed by atoms with Crippen LogP contribution < -0.4 is 5.32 Å². The van der Waals surface area contributed by atoms with Crippen LogP contribution in [0.4, 0.5) is 4.79 Å². The van der Waals surface area contributed by atoms with E-state index in [0.29, 0.717) is 18.7 Å². The number of nitrogens with one attached hydrogen (secondary N) is 2. The first kappa shape index (κ1) is 22.6. The molecule has 3 aromatic rings. The van der Waals surface area contributed by atoms with Crippen LogP contribution in [0.5, 0.6) is 0 Å². The molecule has 1 aliphatic carbocycles. The van der Waals surface area contributed by atoms with E-state index in [1.807, 2.05) is 48.5 Å². The molecule has 1 unspecified atom stereocenters. The lowest BCUT2D eigenvalue weighted by molar-refractivity contribution is -0.138. The molecular formula is C25H25N5O5. The van der Waals surface area contributed by atoms with Gasteiger partial charge in [-0.05, 0) is 28.7 Å². The second-order valence-electron chi connectivity index (χ2n) is 8.68. The first-order valence-electron chi connectivity index (χ1n) is 11.5. The number of hydrogen-bond acceptors (Lipinski definition) is 6. The molecule has 0 fully saturated rings. The van der Waals surface area contributed by atoms with Crippen molar-refractivity contribution in [3.05, 3.63) is 71.0 Å². The predicted octanol–water partition coefficient (Wildman–Crippen LogP) is 2.46. The number of nitrogens with zero attached hydrogens (tertiary/aromatic N) is 3. The van der Waals surface area contributed by atoms with Gasteiger partial charge in [0.2, 0.25) is 5.91 Å². The van der Waals surface area contributed by atoms with Crippen LogP contribution in [-0.4, -0.2) is 62.6 Å². The number of rotatable bonds is 7. The van der Waals surface area contributed by atoms with Crippen molar-refractivity contribution in [3.63, 3.8) is 0 Å². The normalized spacial score (nSPS) is 15.0. The third kappa shape index (κ3) is 4.59. The number of benzene rings is 2. The topological polar surface area (TPSA) is 138 Å². The number of alkyl carbamates (subject to hydrolysis) is 1. The van der Waals surface area contributed by atoms with Crippen LogP contribution in [0.1, 0.15) is 41.3 Å². The van der Waals surface area contributed by atoms with Crippen LogP contribution in [0, 0.1) is 0 Å². The fourth-order valence-corrected chi connectivity index (χ4v) is 4.82. The highest BCUT2D eigenvalue weighted by Gasteiger charge is 2.32. The molecule has 2 aliphatic rings. The Hall–Kier alpha value is -4.21. The Morgan fingerprint density at radius 3 is 2.40 bits per heavy atom. The van der Waals surface area contributed by atoms with Gasteiger partial charge in [0.25, 0.3) is 0 Å². The molecule has 35 heavy (non-hydrogen) atoms. The molecule has 0 saturated heterocycles. The summed E-state index contributed by atoms with van der Waals surface area (Å²) in [6.45, 7) is 0.765. The summed E-state index contributed by atoms with van der Waals surface area (Å²) in [5, 5.41) is 22.4. The molecule has 10 heteroatoms. The SMILES string of the molecule is O=C(O)CCC(NC(=O)OCC1c2ccccc2-c2ccccc21)C(=O)N1CCc2n[nH]nc2C1. The molecule has 0 bridgehead atoms. The van der Waals surface area contributed by atoms with Crippen molar-refractivity contribution in [2.24, 2.45) is 0 Å². The number of carbonyl (C=O) groups is 3. The van der Waals surface area contributed by atoms with Gasteiger partial charge in [0.1, 0.15) is 18.3 Å². The van der Waals surface area contributed by atoms with Gasteiger partial charge in [0.15, 0.2) is 0 Å². The Morgan fingerprint density at radius 2 is 1.71 bits per heavy atom. The predicted molar refractivity (Wildman–Crippen MR) is 124 cm³/mol.